The van der Waals surface area contributed by atoms with E-state index in [4.69, 9.17) is 11.5 Å². The maximum Gasteiger partial charge on any atom is 0.265 e. The van der Waals surface area contributed by atoms with Crippen LogP contribution in [0.1, 0.15) is 15.9 Å². The molecule has 0 saturated heterocycles. The van der Waals surface area contributed by atoms with Gasteiger partial charge < -0.3 is 11.5 Å². The number of amides is 1. The van der Waals surface area contributed by atoms with Crippen LogP contribution in [0.25, 0.3) is 11.1 Å². The Hall–Kier alpha value is -3.39. The summed E-state index contributed by atoms with van der Waals surface area (Å²) in [5, 5.41) is 0. The van der Waals surface area contributed by atoms with Gasteiger partial charge in [-0.2, -0.15) is 0 Å². The molecular formula is C20H16FN3O3S. The van der Waals surface area contributed by atoms with Gasteiger partial charge in [0.25, 0.3) is 10.0 Å². The summed E-state index contributed by atoms with van der Waals surface area (Å²) in [7, 11) is -3.83. The first kappa shape index (κ1) is 18.0. The fourth-order valence-corrected chi connectivity index (χ4v) is 4.92. The van der Waals surface area contributed by atoms with Gasteiger partial charge in [-0.05, 0) is 59.2 Å². The molecule has 8 heteroatoms. The molecule has 1 heterocycles. The van der Waals surface area contributed by atoms with E-state index in [0.717, 1.165) is 5.56 Å². The van der Waals surface area contributed by atoms with Crippen molar-refractivity contribution < 1.29 is 17.6 Å². The zero-order valence-electron chi connectivity index (χ0n) is 14.6. The van der Waals surface area contributed by atoms with Crippen LogP contribution in [-0.2, 0) is 16.6 Å². The van der Waals surface area contributed by atoms with Crippen LogP contribution in [0.15, 0.2) is 65.6 Å². The van der Waals surface area contributed by atoms with Crippen LogP contribution in [0.5, 0.6) is 0 Å². The van der Waals surface area contributed by atoms with Gasteiger partial charge in [-0.1, -0.05) is 18.2 Å². The van der Waals surface area contributed by atoms with E-state index in [2.05, 4.69) is 0 Å². The molecule has 142 valence electrons. The monoisotopic (exact) mass is 397 g/mol. The van der Waals surface area contributed by atoms with E-state index in [1.54, 1.807) is 30.3 Å². The van der Waals surface area contributed by atoms with Crippen LogP contribution in [0.3, 0.4) is 0 Å². The van der Waals surface area contributed by atoms with Crippen LogP contribution in [0.4, 0.5) is 15.8 Å². The van der Waals surface area contributed by atoms with Gasteiger partial charge in [0.15, 0.2) is 0 Å². The third-order valence-electron chi connectivity index (χ3n) is 4.70. The number of nitrogen functional groups attached to an aromatic ring is 1. The molecule has 0 unspecified atom stereocenters. The Labute approximate surface area is 161 Å². The number of carbonyl (C=O) groups is 1. The van der Waals surface area contributed by atoms with Gasteiger partial charge in [0, 0.05) is 5.56 Å². The summed E-state index contributed by atoms with van der Waals surface area (Å²) in [6.07, 6.45) is 0. The van der Waals surface area contributed by atoms with Crippen LogP contribution >= 0.6 is 0 Å². The first-order valence-corrected chi connectivity index (χ1v) is 9.82. The number of halogens is 1. The lowest BCUT2D eigenvalue weighted by Crippen LogP contribution is -2.24. The number of hydrogen-bond acceptors (Lipinski definition) is 4. The predicted octanol–water partition coefficient (Wildman–Crippen LogP) is 2.88. The standard InChI is InChI=1S/C20H16FN3O3S/c21-16-5-1-12(2-6-16)13-3-7-17(22)18(10-13)24-11-15-9-14(20(23)25)4-8-19(15)28(24,26)27/h1-10H,11,22H2,(H2,23,25). The highest BCUT2D eigenvalue weighted by molar-refractivity contribution is 7.93. The van der Waals surface area contributed by atoms with E-state index >= 15 is 0 Å². The number of benzene rings is 3. The first-order chi connectivity index (χ1) is 13.3. The quantitative estimate of drug-likeness (QED) is 0.663. The maximum atomic E-state index is 13.2. The molecule has 28 heavy (non-hydrogen) atoms. The summed E-state index contributed by atoms with van der Waals surface area (Å²) >= 11 is 0. The smallest absolute Gasteiger partial charge is 0.265 e. The molecule has 4 rings (SSSR count). The lowest BCUT2D eigenvalue weighted by Gasteiger charge is -2.20. The maximum absolute atomic E-state index is 13.2. The van der Waals surface area contributed by atoms with E-state index in [9.17, 15) is 17.6 Å². The van der Waals surface area contributed by atoms with Gasteiger partial charge in [0.2, 0.25) is 5.91 Å². The number of sulfonamides is 1. The van der Waals surface area contributed by atoms with Crippen molar-refractivity contribution in [2.75, 3.05) is 10.0 Å². The molecule has 0 spiro atoms. The summed E-state index contributed by atoms with van der Waals surface area (Å²) in [4.78, 5) is 11.5. The SMILES string of the molecule is NC(=O)c1ccc2c(c1)CN(c1cc(-c3ccc(F)cc3)ccc1N)S2(=O)=O. The van der Waals surface area contributed by atoms with Gasteiger partial charge in [-0.3, -0.25) is 9.10 Å². The van der Waals surface area contributed by atoms with Crippen molar-refractivity contribution in [1.29, 1.82) is 0 Å². The zero-order chi connectivity index (χ0) is 20.1. The number of nitrogens with two attached hydrogens (primary N) is 2. The van der Waals surface area contributed by atoms with Crippen molar-refractivity contribution >= 4 is 27.3 Å². The summed E-state index contributed by atoms with van der Waals surface area (Å²) in [5.41, 5.74) is 14.1. The minimum absolute atomic E-state index is 0.0376. The molecule has 0 bridgehead atoms. The van der Waals surface area contributed by atoms with Crippen LogP contribution < -0.4 is 15.8 Å². The predicted molar refractivity (Wildman–Crippen MR) is 105 cm³/mol. The molecule has 6 nitrogen and oxygen atoms in total. The van der Waals surface area contributed by atoms with Crippen molar-refractivity contribution in [3.8, 4) is 11.1 Å². The minimum atomic E-state index is -3.83. The Morgan fingerprint density at radius 1 is 0.964 bits per heavy atom. The average molecular weight is 397 g/mol. The van der Waals surface area contributed by atoms with Crippen LogP contribution in [0.2, 0.25) is 0 Å². The highest BCUT2D eigenvalue weighted by atomic mass is 32.2. The molecule has 0 aromatic heterocycles. The van der Waals surface area contributed by atoms with E-state index in [1.807, 2.05) is 0 Å². The molecule has 0 fully saturated rings. The van der Waals surface area contributed by atoms with Gasteiger partial charge in [0.1, 0.15) is 5.82 Å². The Balaban J connectivity index is 1.80. The minimum Gasteiger partial charge on any atom is -0.397 e. The van der Waals surface area contributed by atoms with Gasteiger partial charge in [-0.15, -0.1) is 0 Å². The van der Waals surface area contributed by atoms with Gasteiger partial charge in [-0.25, -0.2) is 12.8 Å². The molecule has 1 aliphatic rings. The zero-order valence-corrected chi connectivity index (χ0v) is 15.4. The second kappa shape index (κ2) is 6.35. The Kier molecular flexibility index (Phi) is 4.08. The van der Waals surface area contributed by atoms with Crippen molar-refractivity contribution in [3.63, 3.8) is 0 Å². The number of rotatable bonds is 3. The van der Waals surface area contributed by atoms with E-state index in [-0.39, 0.29) is 28.5 Å². The lowest BCUT2D eigenvalue weighted by molar-refractivity contribution is 0.1000. The number of fused-ring (bicyclic) bond motifs is 1. The second-order valence-electron chi connectivity index (χ2n) is 6.48. The number of carbonyl (C=O) groups excluding carboxylic acids is 1. The highest BCUT2D eigenvalue weighted by Gasteiger charge is 2.36. The fourth-order valence-electron chi connectivity index (χ4n) is 3.26. The molecule has 0 aliphatic carbocycles. The number of primary amides is 1. The molecule has 0 atom stereocenters. The number of hydrogen-bond donors (Lipinski definition) is 2. The van der Waals surface area contributed by atoms with E-state index < -0.39 is 15.9 Å². The van der Waals surface area contributed by atoms with Gasteiger partial charge >= 0.3 is 0 Å². The molecule has 3 aromatic rings. The second-order valence-corrected chi connectivity index (χ2v) is 8.31. The topological polar surface area (TPSA) is 106 Å². The fraction of sp³-hybridized carbons (Fsp3) is 0.0500. The third-order valence-corrected chi connectivity index (χ3v) is 6.56. The summed E-state index contributed by atoms with van der Waals surface area (Å²) in [5.74, 6) is -0.987. The van der Waals surface area contributed by atoms with Crippen molar-refractivity contribution in [2.24, 2.45) is 5.73 Å². The third kappa shape index (κ3) is 2.87. The Morgan fingerprint density at radius 2 is 1.64 bits per heavy atom. The largest absolute Gasteiger partial charge is 0.397 e. The summed E-state index contributed by atoms with van der Waals surface area (Å²) < 4.78 is 40.4. The van der Waals surface area contributed by atoms with Crippen LogP contribution in [-0.4, -0.2) is 14.3 Å². The van der Waals surface area contributed by atoms with Crippen molar-refractivity contribution in [1.82, 2.24) is 0 Å². The number of anilines is 2. The molecule has 3 aromatic carbocycles. The summed E-state index contributed by atoms with van der Waals surface area (Å²) in [6, 6.07) is 15.1. The normalized spacial score (nSPS) is 14.7. The highest BCUT2D eigenvalue weighted by Crippen LogP contribution is 2.39. The summed E-state index contributed by atoms with van der Waals surface area (Å²) in [6.45, 7) is 0.0376. The van der Waals surface area contributed by atoms with Gasteiger partial charge in [0.05, 0.1) is 22.8 Å². The van der Waals surface area contributed by atoms with Crippen molar-refractivity contribution in [3.05, 3.63) is 77.6 Å². The lowest BCUT2D eigenvalue weighted by atomic mass is 10.0. The molecule has 4 N–H and O–H groups in total. The van der Waals surface area contributed by atoms with E-state index in [1.165, 1.54) is 34.6 Å². The number of nitrogens with zero attached hydrogens (tertiary/aromatic N) is 1. The van der Waals surface area contributed by atoms with E-state index in [0.29, 0.717) is 16.8 Å². The van der Waals surface area contributed by atoms with Crippen molar-refractivity contribution in [2.45, 2.75) is 11.4 Å². The first-order valence-electron chi connectivity index (χ1n) is 8.38. The van der Waals surface area contributed by atoms with Crippen LogP contribution in [0, 0.1) is 5.82 Å². The Bertz CT molecular complexity index is 1210. The molecular weight excluding hydrogens is 381 g/mol. The molecule has 0 radical (unpaired) electrons. The molecule has 1 aliphatic heterocycles. The Morgan fingerprint density at radius 3 is 2.32 bits per heavy atom. The molecule has 1 amide bonds. The molecule has 0 saturated carbocycles. The average Bonchev–Trinajstić information content (AvgIpc) is 2.93.